The highest BCUT2D eigenvalue weighted by molar-refractivity contribution is 5.26. The van der Waals surface area contributed by atoms with Gasteiger partial charge in [0.15, 0.2) is 0 Å². The van der Waals surface area contributed by atoms with E-state index in [1.54, 1.807) is 6.42 Å². The average Bonchev–Trinajstić information content (AvgIpc) is 2.96. The summed E-state index contributed by atoms with van der Waals surface area (Å²) in [6.07, 6.45) is 23.6. The summed E-state index contributed by atoms with van der Waals surface area (Å²) in [5, 5.41) is 0. The maximum Gasteiger partial charge on any atom is -0.0106 e. The van der Waals surface area contributed by atoms with Gasteiger partial charge in [-0.1, -0.05) is 56.9 Å². The van der Waals surface area contributed by atoms with Crippen LogP contribution in [0.5, 0.6) is 0 Å². The van der Waals surface area contributed by atoms with Gasteiger partial charge in [0.2, 0.25) is 0 Å². The first-order valence-electron chi connectivity index (χ1n) is 10.6. The lowest BCUT2D eigenvalue weighted by Gasteiger charge is -2.54. The molecule has 6 atom stereocenters. The molecule has 0 radical (unpaired) electrons. The molecule has 0 bridgehead atoms. The lowest BCUT2D eigenvalue weighted by atomic mass is 9.51. The standard InChI is InChI=1S/C23H36/c1-3-4-5-8-17-9-6-10-18-12-13-19-20(22(17)18)14-16-23(2)15-7-11-21(19)23/h6,9-10,18-22H,3-5,7-8,11-16H2,1-2H3/t18?,19-,20+,21+,22+,23+/m1/s1. The third-order valence-electron chi connectivity index (χ3n) is 8.20. The average molecular weight is 313 g/mol. The molecular formula is C23H36. The Bertz CT molecular complexity index is 484. The van der Waals surface area contributed by atoms with Gasteiger partial charge in [-0.05, 0) is 86.4 Å². The normalized spacial score (nSPS) is 45.1. The monoisotopic (exact) mass is 312 g/mol. The fourth-order valence-corrected chi connectivity index (χ4v) is 7.08. The van der Waals surface area contributed by atoms with Crippen LogP contribution in [0.25, 0.3) is 0 Å². The Balaban J connectivity index is 1.54. The molecule has 0 aromatic heterocycles. The van der Waals surface area contributed by atoms with Crippen LogP contribution in [0.3, 0.4) is 0 Å². The number of unbranched alkanes of at least 4 members (excludes halogenated alkanes) is 2. The molecule has 3 saturated carbocycles. The lowest BCUT2D eigenvalue weighted by Crippen LogP contribution is -2.46. The first-order valence-corrected chi connectivity index (χ1v) is 10.6. The van der Waals surface area contributed by atoms with E-state index in [9.17, 15) is 0 Å². The molecule has 4 rings (SSSR count). The Hall–Kier alpha value is -0.520. The highest BCUT2D eigenvalue weighted by Crippen LogP contribution is 2.62. The second-order valence-electron chi connectivity index (χ2n) is 9.37. The summed E-state index contributed by atoms with van der Waals surface area (Å²) in [4.78, 5) is 0. The van der Waals surface area contributed by atoms with Gasteiger partial charge in [-0.2, -0.15) is 0 Å². The third-order valence-corrected chi connectivity index (χ3v) is 8.20. The van der Waals surface area contributed by atoms with Crippen molar-refractivity contribution in [3.63, 3.8) is 0 Å². The van der Waals surface area contributed by atoms with E-state index in [2.05, 4.69) is 32.1 Å². The van der Waals surface area contributed by atoms with E-state index in [4.69, 9.17) is 0 Å². The van der Waals surface area contributed by atoms with E-state index in [1.165, 1.54) is 64.2 Å². The van der Waals surface area contributed by atoms with Crippen molar-refractivity contribution in [1.29, 1.82) is 0 Å². The molecule has 0 heterocycles. The van der Waals surface area contributed by atoms with Crippen molar-refractivity contribution in [2.45, 2.75) is 84.5 Å². The molecule has 4 aliphatic rings. The summed E-state index contributed by atoms with van der Waals surface area (Å²) < 4.78 is 0. The van der Waals surface area contributed by atoms with Gasteiger partial charge in [0.25, 0.3) is 0 Å². The van der Waals surface area contributed by atoms with Crippen LogP contribution in [0.4, 0.5) is 0 Å². The number of allylic oxidation sites excluding steroid dienone is 4. The summed E-state index contributed by atoms with van der Waals surface area (Å²) >= 11 is 0. The van der Waals surface area contributed by atoms with Crippen molar-refractivity contribution in [1.82, 2.24) is 0 Å². The number of rotatable bonds is 4. The molecule has 0 aromatic rings. The molecule has 0 spiro atoms. The summed E-state index contributed by atoms with van der Waals surface area (Å²) in [5.41, 5.74) is 2.55. The van der Waals surface area contributed by atoms with Crippen LogP contribution in [0.15, 0.2) is 23.8 Å². The fraction of sp³-hybridized carbons (Fsp3) is 0.826. The molecule has 0 N–H and O–H groups in total. The predicted molar refractivity (Wildman–Crippen MR) is 99.2 cm³/mol. The van der Waals surface area contributed by atoms with Crippen LogP contribution in [0, 0.1) is 35.0 Å². The predicted octanol–water partition coefficient (Wildman–Crippen LogP) is 6.92. The lowest BCUT2D eigenvalue weighted by molar-refractivity contribution is -0.0195. The molecule has 3 fully saturated rings. The summed E-state index contributed by atoms with van der Waals surface area (Å²) in [7, 11) is 0. The molecule has 0 saturated heterocycles. The maximum absolute atomic E-state index is 2.63. The van der Waals surface area contributed by atoms with E-state index in [0.29, 0.717) is 5.41 Å². The smallest absolute Gasteiger partial charge is 0.0106 e. The zero-order chi connectivity index (χ0) is 15.9. The van der Waals surface area contributed by atoms with Crippen molar-refractivity contribution < 1.29 is 0 Å². The second kappa shape index (κ2) is 6.41. The van der Waals surface area contributed by atoms with Crippen LogP contribution >= 0.6 is 0 Å². The zero-order valence-corrected chi connectivity index (χ0v) is 15.4. The number of hydrogen-bond acceptors (Lipinski definition) is 0. The topological polar surface area (TPSA) is 0 Å². The van der Waals surface area contributed by atoms with Gasteiger partial charge in [-0.25, -0.2) is 0 Å². The van der Waals surface area contributed by atoms with Crippen molar-refractivity contribution in [3.8, 4) is 0 Å². The Labute approximate surface area is 143 Å². The van der Waals surface area contributed by atoms with E-state index in [0.717, 1.165) is 29.6 Å². The number of fused-ring (bicyclic) bond motifs is 5. The first kappa shape index (κ1) is 16.0. The van der Waals surface area contributed by atoms with Crippen molar-refractivity contribution >= 4 is 0 Å². The highest BCUT2D eigenvalue weighted by atomic mass is 14.6. The molecular weight excluding hydrogens is 276 g/mol. The maximum atomic E-state index is 2.63. The van der Waals surface area contributed by atoms with Gasteiger partial charge in [0.1, 0.15) is 0 Å². The summed E-state index contributed by atoms with van der Waals surface area (Å²) in [5.74, 6) is 4.93. The van der Waals surface area contributed by atoms with Gasteiger partial charge in [-0.3, -0.25) is 0 Å². The summed E-state index contributed by atoms with van der Waals surface area (Å²) in [6.45, 7) is 4.96. The summed E-state index contributed by atoms with van der Waals surface area (Å²) in [6, 6.07) is 0. The second-order valence-corrected chi connectivity index (χ2v) is 9.37. The minimum atomic E-state index is 0.713. The molecule has 0 aromatic carbocycles. The Morgan fingerprint density at radius 2 is 1.96 bits per heavy atom. The van der Waals surface area contributed by atoms with E-state index >= 15 is 0 Å². The first-order chi connectivity index (χ1) is 11.2. The van der Waals surface area contributed by atoms with Gasteiger partial charge < -0.3 is 0 Å². The SMILES string of the molecule is CCCCCC1=CC=CC2CC[C@@H]3[C@H](CC[C@]4(C)CCC[C@@H]34)[C@@H]12. The fourth-order valence-electron chi connectivity index (χ4n) is 7.08. The van der Waals surface area contributed by atoms with Crippen LogP contribution in [-0.4, -0.2) is 0 Å². The minimum Gasteiger partial charge on any atom is -0.0808 e. The van der Waals surface area contributed by atoms with Crippen molar-refractivity contribution in [2.24, 2.45) is 35.0 Å². The van der Waals surface area contributed by atoms with E-state index in [1.807, 2.05) is 5.57 Å². The third kappa shape index (κ3) is 2.75. The number of hydrogen-bond donors (Lipinski definition) is 0. The molecule has 1 unspecified atom stereocenters. The Morgan fingerprint density at radius 1 is 1.04 bits per heavy atom. The van der Waals surface area contributed by atoms with Crippen molar-refractivity contribution in [2.75, 3.05) is 0 Å². The van der Waals surface area contributed by atoms with Gasteiger partial charge in [-0.15, -0.1) is 0 Å². The molecule has 0 aliphatic heterocycles. The Kier molecular flexibility index (Phi) is 4.45. The van der Waals surface area contributed by atoms with Crippen LogP contribution in [-0.2, 0) is 0 Å². The molecule has 128 valence electrons. The largest absolute Gasteiger partial charge is 0.0808 e. The minimum absolute atomic E-state index is 0.713. The quantitative estimate of drug-likeness (QED) is 0.494. The Morgan fingerprint density at radius 3 is 2.83 bits per heavy atom. The van der Waals surface area contributed by atoms with Gasteiger partial charge >= 0.3 is 0 Å². The van der Waals surface area contributed by atoms with Gasteiger partial charge in [0.05, 0.1) is 0 Å². The van der Waals surface area contributed by atoms with Crippen molar-refractivity contribution in [3.05, 3.63) is 23.8 Å². The molecule has 0 amide bonds. The van der Waals surface area contributed by atoms with E-state index in [-0.39, 0.29) is 0 Å². The van der Waals surface area contributed by atoms with Crippen LogP contribution in [0.1, 0.15) is 84.5 Å². The highest BCUT2D eigenvalue weighted by Gasteiger charge is 2.53. The zero-order valence-electron chi connectivity index (χ0n) is 15.4. The molecule has 0 nitrogen and oxygen atoms in total. The molecule has 0 heteroatoms. The van der Waals surface area contributed by atoms with E-state index < -0.39 is 0 Å². The van der Waals surface area contributed by atoms with Gasteiger partial charge in [0, 0.05) is 0 Å². The van der Waals surface area contributed by atoms with Crippen LogP contribution < -0.4 is 0 Å². The molecule has 4 aliphatic carbocycles. The van der Waals surface area contributed by atoms with Crippen LogP contribution in [0.2, 0.25) is 0 Å². The molecule has 23 heavy (non-hydrogen) atoms.